The molecule has 3 aromatic rings. The molecule has 0 radical (unpaired) electrons. The highest BCUT2D eigenvalue weighted by Gasteiger charge is 2.19. The van der Waals surface area contributed by atoms with E-state index in [0.29, 0.717) is 34.8 Å². The molecule has 0 saturated carbocycles. The van der Waals surface area contributed by atoms with Gasteiger partial charge in [-0.1, -0.05) is 11.6 Å². The van der Waals surface area contributed by atoms with E-state index in [9.17, 15) is 9.59 Å². The van der Waals surface area contributed by atoms with Gasteiger partial charge in [0.25, 0.3) is 5.56 Å². The molecule has 0 fully saturated rings. The van der Waals surface area contributed by atoms with Crippen molar-refractivity contribution in [2.45, 2.75) is 27.2 Å². The second kappa shape index (κ2) is 7.74. The van der Waals surface area contributed by atoms with Gasteiger partial charge in [0.15, 0.2) is 17.1 Å². The summed E-state index contributed by atoms with van der Waals surface area (Å²) in [5.74, 6) is -0.294. The van der Waals surface area contributed by atoms with Crippen molar-refractivity contribution in [3.8, 4) is 17.6 Å². The molecule has 0 bridgehead atoms. The van der Waals surface area contributed by atoms with Gasteiger partial charge in [-0.15, -0.1) is 0 Å². The van der Waals surface area contributed by atoms with Crippen LogP contribution in [-0.2, 0) is 11.2 Å². The lowest BCUT2D eigenvalue weighted by molar-refractivity contribution is -0.133. The molecule has 1 aromatic carbocycles. The highest BCUT2D eigenvalue weighted by molar-refractivity contribution is 6.32. The summed E-state index contributed by atoms with van der Waals surface area (Å²) in [7, 11) is 0. The van der Waals surface area contributed by atoms with Crippen molar-refractivity contribution >= 4 is 23.2 Å². The van der Waals surface area contributed by atoms with Crippen molar-refractivity contribution in [1.29, 1.82) is 5.26 Å². The largest absolute Gasteiger partial charge is 0.490 e. The van der Waals surface area contributed by atoms with Crippen LogP contribution in [0, 0.1) is 25.2 Å². The van der Waals surface area contributed by atoms with Crippen molar-refractivity contribution < 1.29 is 14.3 Å². The number of nitrogens with zero attached hydrogens (tertiary/aromatic N) is 3. The summed E-state index contributed by atoms with van der Waals surface area (Å²) < 4.78 is 12.4. The third kappa shape index (κ3) is 3.70. The Morgan fingerprint density at radius 1 is 1.36 bits per heavy atom. The van der Waals surface area contributed by atoms with Crippen molar-refractivity contribution in [3.05, 3.63) is 56.1 Å². The zero-order valence-corrected chi connectivity index (χ0v) is 16.3. The van der Waals surface area contributed by atoms with Gasteiger partial charge in [-0.3, -0.25) is 14.7 Å². The smallest absolute Gasteiger partial charge is 0.315 e. The van der Waals surface area contributed by atoms with Crippen LogP contribution in [0.5, 0.6) is 11.5 Å². The van der Waals surface area contributed by atoms with Crippen LogP contribution in [0.4, 0.5) is 0 Å². The molecule has 2 aromatic heterocycles. The second-order valence-electron chi connectivity index (χ2n) is 6.06. The maximum atomic E-state index is 12.6. The van der Waals surface area contributed by atoms with Gasteiger partial charge >= 0.3 is 5.97 Å². The van der Waals surface area contributed by atoms with Gasteiger partial charge in [0.2, 0.25) is 0 Å². The summed E-state index contributed by atoms with van der Waals surface area (Å²) in [5, 5.41) is 11.8. The summed E-state index contributed by atoms with van der Waals surface area (Å²) in [6, 6.07) is 6.23. The van der Waals surface area contributed by atoms with Crippen molar-refractivity contribution in [1.82, 2.24) is 14.6 Å². The molecular formula is C19H17ClN4O4. The van der Waals surface area contributed by atoms with Crippen LogP contribution in [-0.4, -0.2) is 27.2 Å². The van der Waals surface area contributed by atoms with E-state index in [-0.39, 0.29) is 28.5 Å². The number of halogens is 1. The lowest BCUT2D eigenvalue weighted by atomic mass is 10.1. The molecule has 0 aliphatic heterocycles. The maximum Gasteiger partial charge on any atom is 0.315 e. The molecular weight excluding hydrogens is 384 g/mol. The molecule has 0 aliphatic rings. The molecule has 2 heterocycles. The number of aryl methyl sites for hydroxylation is 2. The van der Waals surface area contributed by atoms with E-state index in [1.807, 2.05) is 6.07 Å². The number of fused-ring (bicyclic) bond motifs is 1. The average Bonchev–Trinajstić information content (AvgIpc) is 3.01. The standard InChI is InChI=1S/C19H17ClN4O4/c1-4-27-15-6-12(9-21)5-14(20)19(15)28-18(26)7-13-10(2)22-16-8-17(25)23-24(16)11(13)3/h5-6,8H,4,7H2,1-3H3,(H,23,25). The zero-order chi connectivity index (χ0) is 20.4. The Hall–Kier alpha value is -3.31. The minimum Gasteiger partial charge on any atom is -0.490 e. The number of hydrogen-bond donors (Lipinski definition) is 1. The van der Waals surface area contributed by atoms with Gasteiger partial charge in [0, 0.05) is 29.1 Å². The number of ether oxygens (including phenoxy) is 2. The predicted molar refractivity (Wildman–Crippen MR) is 102 cm³/mol. The SMILES string of the molecule is CCOc1cc(C#N)cc(Cl)c1OC(=O)Cc1c(C)nc2cc(=O)[nH]n2c1C. The Labute approximate surface area is 165 Å². The molecule has 0 saturated heterocycles. The predicted octanol–water partition coefficient (Wildman–Crippen LogP) is 2.71. The third-order valence-electron chi connectivity index (χ3n) is 4.18. The number of nitriles is 1. The number of carbonyl (C=O) groups excluding carboxylic acids is 1. The number of nitrogens with one attached hydrogen (secondary N) is 1. The first kappa shape index (κ1) is 19.5. The number of carbonyl (C=O) groups is 1. The Balaban J connectivity index is 1.92. The Morgan fingerprint density at radius 3 is 2.79 bits per heavy atom. The van der Waals surface area contributed by atoms with E-state index in [2.05, 4.69) is 10.1 Å². The molecule has 0 atom stereocenters. The number of aromatic amines is 1. The average molecular weight is 401 g/mol. The van der Waals surface area contributed by atoms with E-state index in [0.717, 1.165) is 0 Å². The normalized spacial score (nSPS) is 10.7. The highest BCUT2D eigenvalue weighted by atomic mass is 35.5. The van der Waals surface area contributed by atoms with Crippen LogP contribution in [0.3, 0.4) is 0 Å². The first-order chi connectivity index (χ1) is 13.3. The van der Waals surface area contributed by atoms with Gasteiger partial charge in [-0.25, -0.2) is 9.50 Å². The van der Waals surface area contributed by atoms with E-state index in [1.54, 1.807) is 20.8 Å². The van der Waals surface area contributed by atoms with Crippen molar-refractivity contribution in [3.63, 3.8) is 0 Å². The number of rotatable bonds is 5. The summed E-state index contributed by atoms with van der Waals surface area (Å²) in [5.41, 5.74) is 2.42. The molecule has 0 spiro atoms. The molecule has 1 N–H and O–H groups in total. The Morgan fingerprint density at radius 2 is 2.11 bits per heavy atom. The van der Waals surface area contributed by atoms with Crippen LogP contribution < -0.4 is 15.0 Å². The Kier molecular flexibility index (Phi) is 5.38. The molecule has 3 rings (SSSR count). The van der Waals surface area contributed by atoms with Crippen LogP contribution in [0.2, 0.25) is 5.02 Å². The van der Waals surface area contributed by atoms with Gasteiger partial charge in [-0.05, 0) is 26.8 Å². The van der Waals surface area contributed by atoms with Crippen molar-refractivity contribution in [2.24, 2.45) is 0 Å². The summed E-state index contributed by atoms with van der Waals surface area (Å²) >= 11 is 6.18. The first-order valence-corrected chi connectivity index (χ1v) is 8.86. The lowest BCUT2D eigenvalue weighted by Gasteiger charge is -2.14. The van der Waals surface area contributed by atoms with Gasteiger partial charge in [0.05, 0.1) is 29.7 Å². The number of aromatic nitrogens is 3. The van der Waals surface area contributed by atoms with Gasteiger partial charge < -0.3 is 9.47 Å². The van der Waals surface area contributed by atoms with Crippen LogP contribution >= 0.6 is 11.6 Å². The molecule has 9 heteroatoms. The van der Waals surface area contributed by atoms with Crippen LogP contribution in [0.25, 0.3) is 5.65 Å². The van der Waals surface area contributed by atoms with Gasteiger partial charge in [-0.2, -0.15) is 5.26 Å². The molecule has 0 aliphatic carbocycles. The van der Waals surface area contributed by atoms with E-state index < -0.39 is 5.97 Å². The molecule has 144 valence electrons. The molecule has 28 heavy (non-hydrogen) atoms. The van der Waals surface area contributed by atoms with E-state index in [1.165, 1.54) is 22.7 Å². The fourth-order valence-electron chi connectivity index (χ4n) is 2.90. The number of esters is 1. The zero-order valence-electron chi connectivity index (χ0n) is 15.5. The van der Waals surface area contributed by atoms with Crippen LogP contribution in [0.15, 0.2) is 23.0 Å². The fourth-order valence-corrected chi connectivity index (χ4v) is 3.15. The quantitative estimate of drug-likeness (QED) is 0.521. The third-order valence-corrected chi connectivity index (χ3v) is 4.46. The lowest BCUT2D eigenvalue weighted by Crippen LogP contribution is -2.16. The minimum absolute atomic E-state index is 0.0613. The maximum absolute atomic E-state index is 12.6. The minimum atomic E-state index is -0.575. The first-order valence-electron chi connectivity index (χ1n) is 8.49. The fraction of sp³-hybridized carbons (Fsp3) is 0.263. The summed E-state index contributed by atoms with van der Waals surface area (Å²) in [6.45, 7) is 5.62. The number of H-pyrrole nitrogens is 1. The second-order valence-corrected chi connectivity index (χ2v) is 6.46. The summed E-state index contributed by atoms with van der Waals surface area (Å²) in [6.07, 6.45) is -0.0806. The van der Waals surface area contributed by atoms with E-state index >= 15 is 0 Å². The summed E-state index contributed by atoms with van der Waals surface area (Å²) in [4.78, 5) is 28.5. The van der Waals surface area contributed by atoms with E-state index in [4.69, 9.17) is 26.3 Å². The monoisotopic (exact) mass is 400 g/mol. The van der Waals surface area contributed by atoms with Crippen molar-refractivity contribution in [2.75, 3.05) is 6.61 Å². The number of hydrogen-bond acceptors (Lipinski definition) is 6. The molecule has 8 nitrogen and oxygen atoms in total. The van der Waals surface area contributed by atoms with Crippen LogP contribution in [0.1, 0.15) is 29.4 Å². The highest BCUT2D eigenvalue weighted by Crippen LogP contribution is 2.37. The number of benzene rings is 1. The molecule has 0 amide bonds. The Bertz CT molecular complexity index is 1170. The van der Waals surface area contributed by atoms with Gasteiger partial charge in [0.1, 0.15) is 0 Å². The topological polar surface area (TPSA) is 109 Å². The molecule has 0 unspecified atom stereocenters.